The maximum Gasteiger partial charge on any atom is 0.119 e. The number of ether oxygens (including phenoxy) is 1. The van der Waals surface area contributed by atoms with Gasteiger partial charge in [0.2, 0.25) is 0 Å². The lowest BCUT2D eigenvalue weighted by Gasteiger charge is -2.07. The highest BCUT2D eigenvalue weighted by molar-refractivity contribution is 9.10. The lowest BCUT2D eigenvalue weighted by Crippen LogP contribution is -2.01. The Hall–Kier alpha value is -1.03. The predicted molar refractivity (Wildman–Crippen MR) is 81.0 cm³/mol. The predicted octanol–water partition coefficient (Wildman–Crippen LogP) is 4.06. The zero-order chi connectivity index (χ0) is 13.7. The highest BCUT2D eigenvalue weighted by Crippen LogP contribution is 2.24. The van der Waals surface area contributed by atoms with E-state index in [1.165, 1.54) is 0 Å². The Morgan fingerprint density at radius 3 is 2.53 bits per heavy atom. The molecule has 19 heavy (non-hydrogen) atoms. The maximum absolute atomic E-state index is 8.69. The van der Waals surface area contributed by atoms with Gasteiger partial charge in [-0.1, -0.05) is 39.7 Å². The van der Waals surface area contributed by atoms with Crippen molar-refractivity contribution in [3.63, 3.8) is 0 Å². The number of rotatable bonds is 5. The molecule has 4 heteroatoms. The quantitative estimate of drug-likeness (QED) is 0.888. The average molecular weight is 342 g/mol. The first kappa shape index (κ1) is 14.4. The number of benzene rings is 2. The van der Waals surface area contributed by atoms with Crippen molar-refractivity contribution in [2.24, 2.45) is 0 Å². The summed E-state index contributed by atoms with van der Waals surface area (Å²) >= 11 is 9.62. The summed E-state index contributed by atoms with van der Waals surface area (Å²) in [5.41, 5.74) is 2.25. The van der Waals surface area contributed by atoms with Gasteiger partial charge >= 0.3 is 0 Å². The molecular formula is C15H14BrClO2. The Bertz CT molecular complexity index is 540. The second kappa shape index (κ2) is 6.94. The fourth-order valence-corrected chi connectivity index (χ4v) is 2.36. The highest BCUT2D eigenvalue weighted by Gasteiger charge is 2.03. The summed E-state index contributed by atoms with van der Waals surface area (Å²) in [6, 6.07) is 13.7. The minimum atomic E-state index is 0.0232. The van der Waals surface area contributed by atoms with Gasteiger partial charge in [0.05, 0.1) is 6.61 Å². The molecule has 2 aromatic rings. The van der Waals surface area contributed by atoms with E-state index in [4.69, 9.17) is 21.4 Å². The molecule has 0 atom stereocenters. The minimum Gasteiger partial charge on any atom is -0.491 e. The summed E-state index contributed by atoms with van der Waals surface area (Å²) in [7, 11) is 0. The average Bonchev–Trinajstić information content (AvgIpc) is 2.42. The fourth-order valence-electron chi connectivity index (χ4n) is 1.77. The maximum atomic E-state index is 8.69. The third-order valence-electron chi connectivity index (χ3n) is 2.69. The molecule has 0 spiro atoms. The van der Waals surface area contributed by atoms with Gasteiger partial charge in [0, 0.05) is 9.50 Å². The van der Waals surface area contributed by atoms with Crippen LogP contribution in [-0.2, 0) is 6.42 Å². The van der Waals surface area contributed by atoms with Crippen LogP contribution in [0, 0.1) is 0 Å². The van der Waals surface area contributed by atoms with E-state index in [1.54, 1.807) is 0 Å². The van der Waals surface area contributed by atoms with E-state index in [-0.39, 0.29) is 6.61 Å². The third kappa shape index (κ3) is 4.23. The fraction of sp³-hybridized carbons (Fsp3) is 0.200. The smallest absolute Gasteiger partial charge is 0.119 e. The van der Waals surface area contributed by atoms with Crippen LogP contribution in [-0.4, -0.2) is 18.3 Å². The van der Waals surface area contributed by atoms with E-state index in [1.807, 2.05) is 42.5 Å². The third-order valence-corrected chi connectivity index (χ3v) is 3.55. The zero-order valence-electron chi connectivity index (χ0n) is 10.3. The van der Waals surface area contributed by atoms with Gasteiger partial charge in [-0.25, -0.2) is 0 Å². The molecule has 2 nitrogen and oxygen atoms in total. The molecule has 0 aliphatic heterocycles. The summed E-state index contributed by atoms with van der Waals surface area (Å²) in [6.07, 6.45) is 0.776. The Kier molecular flexibility index (Phi) is 5.25. The molecule has 100 valence electrons. The topological polar surface area (TPSA) is 29.5 Å². The van der Waals surface area contributed by atoms with Crippen LogP contribution in [0.3, 0.4) is 0 Å². The second-order valence-corrected chi connectivity index (χ2v) is 5.45. The summed E-state index contributed by atoms with van der Waals surface area (Å²) in [6.45, 7) is 0.339. The van der Waals surface area contributed by atoms with E-state index >= 15 is 0 Å². The van der Waals surface area contributed by atoms with Gasteiger partial charge in [0.25, 0.3) is 0 Å². The molecule has 2 aromatic carbocycles. The van der Waals surface area contributed by atoms with E-state index in [0.717, 1.165) is 32.8 Å². The van der Waals surface area contributed by atoms with Crippen LogP contribution in [0.2, 0.25) is 5.02 Å². The Morgan fingerprint density at radius 2 is 1.84 bits per heavy atom. The number of hydrogen-bond donors (Lipinski definition) is 1. The molecule has 0 aliphatic rings. The van der Waals surface area contributed by atoms with Crippen molar-refractivity contribution in [3.05, 3.63) is 63.1 Å². The molecule has 0 saturated carbocycles. The molecule has 0 aliphatic carbocycles. The summed E-state index contributed by atoms with van der Waals surface area (Å²) in [5.74, 6) is 0.762. The second-order valence-electron chi connectivity index (χ2n) is 4.13. The van der Waals surface area contributed by atoms with Gasteiger partial charge < -0.3 is 9.84 Å². The van der Waals surface area contributed by atoms with Crippen LogP contribution in [0.25, 0.3) is 0 Å². The minimum absolute atomic E-state index is 0.0232. The van der Waals surface area contributed by atoms with Crippen LogP contribution < -0.4 is 4.74 Å². The summed E-state index contributed by atoms with van der Waals surface area (Å²) in [4.78, 5) is 0. The summed E-state index contributed by atoms with van der Waals surface area (Å²) < 4.78 is 6.34. The molecule has 0 aromatic heterocycles. The van der Waals surface area contributed by atoms with Crippen LogP contribution >= 0.6 is 27.5 Å². The van der Waals surface area contributed by atoms with Gasteiger partial charge in [-0.15, -0.1) is 0 Å². The molecule has 0 radical (unpaired) electrons. The SMILES string of the molecule is OCCOc1ccc(Cc2cc(Br)ccc2Cl)cc1. The van der Waals surface area contributed by atoms with E-state index < -0.39 is 0 Å². The lowest BCUT2D eigenvalue weighted by molar-refractivity contribution is 0.201. The molecule has 1 N–H and O–H groups in total. The molecule has 0 fully saturated rings. The van der Waals surface area contributed by atoms with Crippen molar-refractivity contribution in [2.45, 2.75) is 6.42 Å². The van der Waals surface area contributed by atoms with Gasteiger partial charge in [0.1, 0.15) is 12.4 Å². The first-order chi connectivity index (χ1) is 9.19. The van der Waals surface area contributed by atoms with Crippen molar-refractivity contribution < 1.29 is 9.84 Å². The number of halogens is 2. The van der Waals surface area contributed by atoms with Crippen LogP contribution in [0.4, 0.5) is 0 Å². The van der Waals surface area contributed by atoms with Crippen molar-refractivity contribution in [1.29, 1.82) is 0 Å². The lowest BCUT2D eigenvalue weighted by atomic mass is 10.1. The molecule has 0 amide bonds. The molecule has 0 saturated heterocycles. The van der Waals surface area contributed by atoms with Crippen LogP contribution in [0.15, 0.2) is 46.9 Å². The molecular weight excluding hydrogens is 328 g/mol. The number of aliphatic hydroxyl groups is 1. The normalized spacial score (nSPS) is 10.5. The highest BCUT2D eigenvalue weighted by atomic mass is 79.9. The van der Waals surface area contributed by atoms with E-state index in [9.17, 15) is 0 Å². The Balaban J connectivity index is 2.08. The van der Waals surface area contributed by atoms with Crippen molar-refractivity contribution in [3.8, 4) is 5.75 Å². The first-order valence-corrected chi connectivity index (χ1v) is 7.12. The van der Waals surface area contributed by atoms with Crippen LogP contribution in [0.5, 0.6) is 5.75 Å². The Labute approximate surface area is 126 Å². The number of aliphatic hydroxyl groups excluding tert-OH is 1. The Morgan fingerprint density at radius 1 is 1.11 bits per heavy atom. The molecule has 0 unspecified atom stereocenters. The largest absolute Gasteiger partial charge is 0.491 e. The zero-order valence-corrected chi connectivity index (χ0v) is 12.6. The molecule has 0 heterocycles. The van der Waals surface area contributed by atoms with Gasteiger partial charge in [0.15, 0.2) is 0 Å². The first-order valence-electron chi connectivity index (χ1n) is 5.95. The van der Waals surface area contributed by atoms with Crippen molar-refractivity contribution in [1.82, 2.24) is 0 Å². The van der Waals surface area contributed by atoms with Crippen LogP contribution in [0.1, 0.15) is 11.1 Å². The van der Waals surface area contributed by atoms with E-state index in [2.05, 4.69) is 15.9 Å². The standard InChI is InChI=1S/C15H14BrClO2/c16-13-3-6-15(17)12(10-13)9-11-1-4-14(5-2-11)19-8-7-18/h1-6,10,18H,7-9H2. The van der Waals surface area contributed by atoms with E-state index in [0.29, 0.717) is 6.61 Å². The molecule has 2 rings (SSSR count). The van der Waals surface area contributed by atoms with Crippen molar-refractivity contribution >= 4 is 27.5 Å². The van der Waals surface area contributed by atoms with Gasteiger partial charge in [-0.2, -0.15) is 0 Å². The van der Waals surface area contributed by atoms with Crippen molar-refractivity contribution in [2.75, 3.05) is 13.2 Å². The monoisotopic (exact) mass is 340 g/mol. The summed E-state index contributed by atoms with van der Waals surface area (Å²) in [5, 5.41) is 9.46. The number of hydrogen-bond acceptors (Lipinski definition) is 2. The van der Waals surface area contributed by atoms with Gasteiger partial charge in [-0.3, -0.25) is 0 Å². The van der Waals surface area contributed by atoms with Gasteiger partial charge in [-0.05, 0) is 47.9 Å². The molecule has 0 bridgehead atoms.